The number of carbonyl (C=O) groups excluding carboxylic acids is 2. The minimum absolute atomic E-state index is 0.0642. The van der Waals surface area contributed by atoms with Crippen molar-refractivity contribution < 1.29 is 18.7 Å². The molecular formula is C15H18ClFN2O3. The lowest BCUT2D eigenvalue weighted by atomic mass is 10.00. The first kappa shape index (κ1) is 16.7. The Morgan fingerprint density at radius 2 is 1.91 bits per heavy atom. The van der Waals surface area contributed by atoms with Crippen molar-refractivity contribution in [1.82, 2.24) is 10.6 Å². The molecule has 1 saturated heterocycles. The lowest BCUT2D eigenvalue weighted by Gasteiger charge is -2.29. The average molecular weight is 329 g/mol. The van der Waals surface area contributed by atoms with Crippen LogP contribution in [0.5, 0.6) is 0 Å². The average Bonchev–Trinajstić information content (AvgIpc) is 2.48. The number of nitrogens with one attached hydrogen (secondary N) is 2. The molecule has 1 heterocycles. The van der Waals surface area contributed by atoms with Crippen molar-refractivity contribution in [3.05, 3.63) is 34.6 Å². The Bertz CT molecular complexity index is 568. The van der Waals surface area contributed by atoms with Gasteiger partial charge >= 0.3 is 0 Å². The topological polar surface area (TPSA) is 67.4 Å². The molecule has 1 aromatic carbocycles. The highest BCUT2D eigenvalue weighted by molar-refractivity contribution is 6.30. The van der Waals surface area contributed by atoms with E-state index in [0.29, 0.717) is 30.0 Å². The molecule has 22 heavy (non-hydrogen) atoms. The molecule has 7 heteroatoms. The fourth-order valence-corrected chi connectivity index (χ4v) is 2.57. The number of halogens is 2. The van der Waals surface area contributed by atoms with Crippen LogP contribution >= 0.6 is 11.6 Å². The summed E-state index contributed by atoms with van der Waals surface area (Å²) in [4.78, 5) is 24.1. The van der Waals surface area contributed by atoms with Gasteiger partial charge in [-0.3, -0.25) is 9.59 Å². The van der Waals surface area contributed by atoms with E-state index in [0.717, 1.165) is 0 Å². The molecule has 0 radical (unpaired) electrons. The minimum Gasteiger partial charge on any atom is -0.385 e. The SMILES string of the molecule is COCCCC1NC(=O)[C@@H](Cc2cc(Cl)ccc2F)NC1=O. The molecule has 1 unspecified atom stereocenters. The van der Waals surface area contributed by atoms with Gasteiger partial charge in [0.2, 0.25) is 11.8 Å². The quantitative estimate of drug-likeness (QED) is 0.776. The molecule has 0 aromatic heterocycles. The molecule has 1 fully saturated rings. The van der Waals surface area contributed by atoms with Crippen LogP contribution in [0.4, 0.5) is 4.39 Å². The Hall–Kier alpha value is -1.66. The number of benzene rings is 1. The van der Waals surface area contributed by atoms with Crippen molar-refractivity contribution in [3.63, 3.8) is 0 Å². The van der Waals surface area contributed by atoms with Gasteiger partial charge in [0.15, 0.2) is 0 Å². The molecule has 2 rings (SSSR count). The number of carbonyl (C=O) groups is 2. The fraction of sp³-hybridized carbons (Fsp3) is 0.467. The number of piperazine rings is 1. The first-order chi connectivity index (χ1) is 10.5. The molecule has 0 aliphatic carbocycles. The Morgan fingerprint density at radius 1 is 1.23 bits per heavy atom. The summed E-state index contributed by atoms with van der Waals surface area (Å²) in [6.45, 7) is 0.525. The van der Waals surface area contributed by atoms with Crippen molar-refractivity contribution >= 4 is 23.4 Å². The van der Waals surface area contributed by atoms with Crippen LogP contribution in [0.3, 0.4) is 0 Å². The maximum atomic E-state index is 13.7. The number of hydrogen-bond donors (Lipinski definition) is 2. The summed E-state index contributed by atoms with van der Waals surface area (Å²) in [6, 6.07) is 2.78. The summed E-state index contributed by atoms with van der Waals surface area (Å²) in [7, 11) is 1.58. The Balaban J connectivity index is 1.98. The number of methoxy groups -OCH3 is 1. The maximum Gasteiger partial charge on any atom is 0.243 e. The minimum atomic E-state index is -0.792. The zero-order valence-corrected chi connectivity index (χ0v) is 13.0. The summed E-state index contributed by atoms with van der Waals surface area (Å²) in [6.07, 6.45) is 1.24. The summed E-state index contributed by atoms with van der Waals surface area (Å²) < 4.78 is 18.6. The van der Waals surface area contributed by atoms with Crippen LogP contribution in [0.1, 0.15) is 18.4 Å². The highest BCUT2D eigenvalue weighted by Crippen LogP contribution is 2.17. The second-order valence-electron chi connectivity index (χ2n) is 5.20. The normalized spacial score (nSPS) is 21.4. The number of amides is 2. The molecule has 0 bridgehead atoms. The molecule has 1 aliphatic rings. The maximum absolute atomic E-state index is 13.7. The van der Waals surface area contributed by atoms with Gasteiger partial charge in [-0.05, 0) is 36.6 Å². The van der Waals surface area contributed by atoms with E-state index in [1.165, 1.54) is 18.2 Å². The molecule has 5 nitrogen and oxygen atoms in total. The first-order valence-corrected chi connectivity index (χ1v) is 7.42. The molecule has 2 atom stereocenters. The third-order valence-electron chi connectivity index (χ3n) is 3.54. The van der Waals surface area contributed by atoms with Crippen molar-refractivity contribution in [2.45, 2.75) is 31.3 Å². The van der Waals surface area contributed by atoms with Crippen LogP contribution in [0.15, 0.2) is 18.2 Å². The number of rotatable bonds is 6. The molecule has 2 amide bonds. The van der Waals surface area contributed by atoms with E-state index >= 15 is 0 Å². The summed E-state index contributed by atoms with van der Waals surface area (Å²) in [5.74, 6) is -1.03. The highest BCUT2D eigenvalue weighted by atomic mass is 35.5. The van der Waals surface area contributed by atoms with Gasteiger partial charge < -0.3 is 15.4 Å². The zero-order chi connectivity index (χ0) is 16.1. The van der Waals surface area contributed by atoms with Gasteiger partial charge in [-0.1, -0.05) is 11.6 Å². The third kappa shape index (κ3) is 4.18. The first-order valence-electron chi connectivity index (χ1n) is 7.05. The lowest BCUT2D eigenvalue weighted by molar-refractivity contribution is -0.137. The summed E-state index contributed by atoms with van der Waals surface area (Å²) in [5.41, 5.74) is 0.297. The standard InChI is InChI=1S/C15H18ClFN2O3/c1-22-6-2-3-12-14(20)19-13(15(21)18-12)8-9-7-10(16)4-5-11(9)17/h4-5,7,12-13H,2-3,6,8H2,1H3,(H,18,21)(H,19,20)/t12?,13-/m1/s1. The van der Waals surface area contributed by atoms with Crippen LogP contribution in [-0.4, -0.2) is 37.6 Å². The monoisotopic (exact) mass is 328 g/mol. The predicted molar refractivity (Wildman–Crippen MR) is 80.1 cm³/mol. The van der Waals surface area contributed by atoms with Crippen LogP contribution in [0.25, 0.3) is 0 Å². The van der Waals surface area contributed by atoms with E-state index in [1.807, 2.05) is 0 Å². The zero-order valence-electron chi connectivity index (χ0n) is 12.2. The van der Waals surface area contributed by atoms with Gasteiger partial charge in [0.1, 0.15) is 17.9 Å². The Morgan fingerprint density at radius 3 is 2.64 bits per heavy atom. The van der Waals surface area contributed by atoms with Crippen LogP contribution in [0.2, 0.25) is 5.02 Å². The van der Waals surface area contributed by atoms with Gasteiger partial charge in [0, 0.05) is 25.2 Å². The molecular weight excluding hydrogens is 311 g/mol. The second-order valence-corrected chi connectivity index (χ2v) is 5.63. The predicted octanol–water partition coefficient (Wildman–Crippen LogP) is 1.43. The lowest BCUT2D eigenvalue weighted by Crippen LogP contribution is -2.62. The van der Waals surface area contributed by atoms with E-state index < -0.39 is 17.9 Å². The Labute approximate surface area is 133 Å². The van der Waals surface area contributed by atoms with Crippen molar-refractivity contribution in [1.29, 1.82) is 0 Å². The molecule has 1 aliphatic heterocycles. The third-order valence-corrected chi connectivity index (χ3v) is 3.77. The summed E-state index contributed by atoms with van der Waals surface area (Å²) in [5, 5.41) is 5.69. The van der Waals surface area contributed by atoms with E-state index in [-0.39, 0.29) is 18.2 Å². The smallest absolute Gasteiger partial charge is 0.243 e. The van der Waals surface area contributed by atoms with E-state index in [9.17, 15) is 14.0 Å². The van der Waals surface area contributed by atoms with E-state index in [1.54, 1.807) is 7.11 Å². The molecule has 1 aromatic rings. The largest absolute Gasteiger partial charge is 0.385 e. The van der Waals surface area contributed by atoms with Crippen molar-refractivity contribution in [2.75, 3.05) is 13.7 Å². The Kier molecular flexibility index (Phi) is 5.74. The van der Waals surface area contributed by atoms with E-state index in [4.69, 9.17) is 16.3 Å². The molecule has 2 N–H and O–H groups in total. The highest BCUT2D eigenvalue weighted by Gasteiger charge is 2.33. The second kappa shape index (κ2) is 7.56. The van der Waals surface area contributed by atoms with Crippen LogP contribution < -0.4 is 10.6 Å². The van der Waals surface area contributed by atoms with Crippen molar-refractivity contribution in [2.24, 2.45) is 0 Å². The summed E-state index contributed by atoms with van der Waals surface area (Å²) >= 11 is 5.83. The van der Waals surface area contributed by atoms with Gasteiger partial charge in [-0.25, -0.2) is 4.39 Å². The number of ether oxygens (including phenoxy) is 1. The van der Waals surface area contributed by atoms with Crippen LogP contribution in [0, 0.1) is 5.82 Å². The van der Waals surface area contributed by atoms with E-state index in [2.05, 4.69) is 10.6 Å². The van der Waals surface area contributed by atoms with Gasteiger partial charge in [-0.15, -0.1) is 0 Å². The molecule has 0 saturated carbocycles. The van der Waals surface area contributed by atoms with Gasteiger partial charge in [0.25, 0.3) is 0 Å². The molecule has 0 spiro atoms. The van der Waals surface area contributed by atoms with Crippen molar-refractivity contribution in [3.8, 4) is 0 Å². The van der Waals surface area contributed by atoms with Gasteiger partial charge in [0.05, 0.1) is 0 Å². The molecule has 120 valence electrons. The van der Waals surface area contributed by atoms with Gasteiger partial charge in [-0.2, -0.15) is 0 Å². The fourth-order valence-electron chi connectivity index (χ4n) is 2.37. The number of hydrogen-bond acceptors (Lipinski definition) is 3. The van der Waals surface area contributed by atoms with Crippen LogP contribution in [-0.2, 0) is 20.7 Å².